The normalized spacial score (nSPS) is 21.6. The van der Waals surface area contributed by atoms with Gasteiger partial charge >= 0.3 is 0 Å². The Morgan fingerprint density at radius 1 is 0.821 bits per heavy atom. The predicted molar refractivity (Wildman–Crippen MR) is 109 cm³/mol. The Kier molecular flexibility index (Phi) is 6.13. The molecule has 0 bridgehead atoms. The van der Waals surface area contributed by atoms with Crippen LogP contribution in [0.5, 0.6) is 0 Å². The van der Waals surface area contributed by atoms with Gasteiger partial charge in [0.25, 0.3) is 5.91 Å². The first-order valence-corrected chi connectivity index (χ1v) is 11.0. The maximum absolute atomic E-state index is 13.2. The molecule has 152 valence electrons. The van der Waals surface area contributed by atoms with E-state index in [9.17, 15) is 9.59 Å². The minimum absolute atomic E-state index is 0.0654. The fraction of sp³-hybridized carbons (Fsp3) is 0.682. The van der Waals surface area contributed by atoms with Crippen molar-refractivity contribution in [1.29, 1.82) is 0 Å². The van der Waals surface area contributed by atoms with Crippen LogP contribution in [0.1, 0.15) is 61.7 Å². The summed E-state index contributed by atoms with van der Waals surface area (Å²) in [5.41, 5.74) is 0.710. The van der Waals surface area contributed by atoms with Crippen molar-refractivity contribution in [2.45, 2.75) is 51.4 Å². The third kappa shape index (κ3) is 4.15. The minimum atomic E-state index is 0.0654. The molecule has 28 heavy (non-hydrogen) atoms. The Morgan fingerprint density at radius 3 is 2.14 bits per heavy atom. The van der Waals surface area contributed by atoms with Gasteiger partial charge in [0, 0.05) is 51.4 Å². The minimum Gasteiger partial charge on any atom is -0.356 e. The lowest BCUT2D eigenvalue weighted by atomic mass is 9.94. The smallest absolute Gasteiger partial charge is 0.257 e. The fourth-order valence-electron chi connectivity index (χ4n) is 4.79. The van der Waals surface area contributed by atoms with Gasteiger partial charge < -0.3 is 14.7 Å². The molecule has 4 heterocycles. The molecule has 0 radical (unpaired) electrons. The van der Waals surface area contributed by atoms with Gasteiger partial charge in [-0.15, -0.1) is 0 Å². The van der Waals surface area contributed by atoms with Crippen molar-refractivity contribution in [2.75, 3.05) is 44.2 Å². The standard InChI is InChI=1S/C22H32N4O2/c27-21(25-14-3-1-2-4-15-25)18-9-16-26(17-10-18)22(28)19-8-7-11-23-20(19)24-12-5-6-13-24/h7-8,11,18H,1-6,9-10,12-17H2. The number of likely N-dealkylation sites (tertiary alicyclic amines) is 2. The number of piperidine rings is 1. The Bertz CT molecular complexity index is 686. The van der Waals surface area contributed by atoms with Crippen LogP contribution in [0.15, 0.2) is 18.3 Å². The van der Waals surface area contributed by atoms with E-state index in [2.05, 4.69) is 14.8 Å². The molecule has 6 heteroatoms. The topological polar surface area (TPSA) is 56.8 Å². The Morgan fingerprint density at radius 2 is 1.46 bits per heavy atom. The molecule has 0 unspecified atom stereocenters. The van der Waals surface area contributed by atoms with E-state index >= 15 is 0 Å². The van der Waals surface area contributed by atoms with Crippen molar-refractivity contribution < 1.29 is 9.59 Å². The van der Waals surface area contributed by atoms with Crippen LogP contribution in [0.2, 0.25) is 0 Å². The van der Waals surface area contributed by atoms with Crippen LogP contribution in [0.3, 0.4) is 0 Å². The van der Waals surface area contributed by atoms with Crippen LogP contribution >= 0.6 is 0 Å². The van der Waals surface area contributed by atoms with E-state index in [0.717, 1.165) is 70.5 Å². The SMILES string of the molecule is O=C(c1cccnc1N1CCCC1)N1CCC(C(=O)N2CCCCCC2)CC1. The zero-order valence-electron chi connectivity index (χ0n) is 16.8. The highest BCUT2D eigenvalue weighted by Crippen LogP contribution is 2.26. The molecule has 0 atom stereocenters. The second kappa shape index (κ2) is 8.93. The summed E-state index contributed by atoms with van der Waals surface area (Å²) in [7, 11) is 0. The fourth-order valence-corrected chi connectivity index (χ4v) is 4.79. The summed E-state index contributed by atoms with van der Waals surface area (Å²) in [6.07, 6.45) is 10.4. The van der Waals surface area contributed by atoms with Crippen LogP contribution in [0.4, 0.5) is 5.82 Å². The van der Waals surface area contributed by atoms with Gasteiger partial charge in [0.05, 0.1) is 5.56 Å². The van der Waals surface area contributed by atoms with Crippen LogP contribution in [0.25, 0.3) is 0 Å². The predicted octanol–water partition coefficient (Wildman–Crippen LogP) is 2.94. The lowest BCUT2D eigenvalue weighted by Gasteiger charge is -2.34. The molecule has 3 aliphatic rings. The van der Waals surface area contributed by atoms with Gasteiger partial charge in [0.15, 0.2) is 0 Å². The molecule has 3 aliphatic heterocycles. The zero-order valence-corrected chi connectivity index (χ0v) is 16.8. The number of hydrogen-bond acceptors (Lipinski definition) is 4. The average molecular weight is 385 g/mol. The number of pyridine rings is 1. The zero-order chi connectivity index (χ0) is 19.3. The molecule has 2 amide bonds. The third-order valence-corrected chi connectivity index (χ3v) is 6.47. The number of carbonyl (C=O) groups excluding carboxylic acids is 2. The number of carbonyl (C=O) groups is 2. The molecule has 4 rings (SSSR count). The second-order valence-corrected chi connectivity index (χ2v) is 8.37. The Hall–Kier alpha value is -2.11. The Balaban J connectivity index is 1.37. The van der Waals surface area contributed by atoms with Gasteiger partial charge in [-0.3, -0.25) is 9.59 Å². The number of anilines is 1. The Labute approximate surface area is 167 Å². The first-order chi connectivity index (χ1) is 13.7. The molecule has 6 nitrogen and oxygen atoms in total. The van der Waals surface area contributed by atoms with E-state index in [1.807, 2.05) is 17.0 Å². The highest BCUT2D eigenvalue weighted by molar-refractivity contribution is 5.99. The molecule has 3 saturated heterocycles. The van der Waals surface area contributed by atoms with E-state index in [1.54, 1.807) is 6.20 Å². The lowest BCUT2D eigenvalue weighted by molar-refractivity contribution is -0.136. The third-order valence-electron chi connectivity index (χ3n) is 6.47. The first-order valence-electron chi connectivity index (χ1n) is 11.0. The van der Waals surface area contributed by atoms with Crippen molar-refractivity contribution in [3.05, 3.63) is 23.9 Å². The quantitative estimate of drug-likeness (QED) is 0.804. The molecule has 0 N–H and O–H groups in total. The van der Waals surface area contributed by atoms with E-state index in [-0.39, 0.29) is 11.8 Å². The van der Waals surface area contributed by atoms with Crippen molar-refractivity contribution >= 4 is 17.6 Å². The lowest BCUT2D eigenvalue weighted by Crippen LogP contribution is -2.45. The van der Waals surface area contributed by atoms with Gasteiger partial charge in [-0.05, 0) is 50.7 Å². The number of rotatable bonds is 3. The van der Waals surface area contributed by atoms with Gasteiger partial charge in [0.1, 0.15) is 5.82 Å². The highest BCUT2D eigenvalue weighted by atomic mass is 16.2. The van der Waals surface area contributed by atoms with Crippen LogP contribution < -0.4 is 4.90 Å². The molecule has 0 saturated carbocycles. The molecule has 0 aliphatic carbocycles. The van der Waals surface area contributed by atoms with Gasteiger partial charge in [-0.1, -0.05) is 12.8 Å². The molecule has 0 spiro atoms. The monoisotopic (exact) mass is 384 g/mol. The largest absolute Gasteiger partial charge is 0.356 e. The number of amides is 2. The van der Waals surface area contributed by atoms with Gasteiger partial charge in [-0.25, -0.2) is 4.98 Å². The van der Waals surface area contributed by atoms with Gasteiger partial charge in [0.2, 0.25) is 5.91 Å². The molecule has 1 aromatic rings. The van der Waals surface area contributed by atoms with Crippen molar-refractivity contribution in [3.63, 3.8) is 0 Å². The maximum Gasteiger partial charge on any atom is 0.257 e. The van der Waals surface area contributed by atoms with Crippen molar-refractivity contribution in [2.24, 2.45) is 5.92 Å². The van der Waals surface area contributed by atoms with E-state index < -0.39 is 0 Å². The van der Waals surface area contributed by atoms with Gasteiger partial charge in [-0.2, -0.15) is 0 Å². The van der Waals surface area contributed by atoms with Crippen LogP contribution in [-0.4, -0.2) is 65.9 Å². The van der Waals surface area contributed by atoms with Crippen LogP contribution in [-0.2, 0) is 4.79 Å². The average Bonchev–Trinajstić information content (AvgIpc) is 3.15. The summed E-state index contributed by atoms with van der Waals surface area (Å²) in [6, 6.07) is 3.75. The molecule has 3 fully saturated rings. The maximum atomic E-state index is 13.2. The first kappa shape index (κ1) is 19.2. The van der Waals surface area contributed by atoms with E-state index in [0.29, 0.717) is 24.6 Å². The summed E-state index contributed by atoms with van der Waals surface area (Å²) < 4.78 is 0. The van der Waals surface area contributed by atoms with Crippen molar-refractivity contribution in [3.8, 4) is 0 Å². The summed E-state index contributed by atoms with van der Waals surface area (Å²) >= 11 is 0. The number of aromatic nitrogens is 1. The molecular weight excluding hydrogens is 352 g/mol. The second-order valence-electron chi connectivity index (χ2n) is 8.37. The summed E-state index contributed by atoms with van der Waals surface area (Å²) in [4.78, 5) is 36.8. The highest BCUT2D eigenvalue weighted by Gasteiger charge is 2.32. The summed E-state index contributed by atoms with van der Waals surface area (Å²) in [5.74, 6) is 1.28. The molecular formula is C22H32N4O2. The summed E-state index contributed by atoms with van der Waals surface area (Å²) in [5, 5.41) is 0. The molecule has 0 aromatic carbocycles. The number of hydrogen-bond donors (Lipinski definition) is 0. The van der Waals surface area contributed by atoms with Crippen LogP contribution in [0, 0.1) is 5.92 Å². The van der Waals surface area contributed by atoms with E-state index in [4.69, 9.17) is 0 Å². The molecule has 1 aromatic heterocycles. The summed E-state index contributed by atoms with van der Waals surface area (Å²) in [6.45, 7) is 5.10. The van der Waals surface area contributed by atoms with E-state index in [1.165, 1.54) is 12.8 Å². The van der Waals surface area contributed by atoms with Crippen molar-refractivity contribution in [1.82, 2.24) is 14.8 Å². The number of nitrogens with zero attached hydrogens (tertiary/aromatic N) is 4.